The average molecular weight is 439 g/mol. The van der Waals surface area contributed by atoms with Crippen molar-refractivity contribution in [3.63, 3.8) is 0 Å². The average Bonchev–Trinajstić information content (AvgIpc) is 2.94. The van der Waals surface area contributed by atoms with Crippen molar-refractivity contribution >= 4 is 29.9 Å². The SMILES string of the molecule is CCCCOCCOCCNC(=NC)NCc1cnn(C)c1.I. The van der Waals surface area contributed by atoms with Crippen LogP contribution < -0.4 is 10.6 Å². The molecule has 1 aromatic rings. The molecule has 1 rings (SSSR count). The molecule has 0 saturated heterocycles. The van der Waals surface area contributed by atoms with E-state index < -0.39 is 0 Å². The number of unbranched alkanes of at least 4 members (excludes halogenated alkanes) is 1. The largest absolute Gasteiger partial charge is 0.379 e. The Balaban J connectivity index is 0.00000484. The minimum absolute atomic E-state index is 0. The molecule has 0 aromatic carbocycles. The van der Waals surface area contributed by atoms with Crippen LogP contribution in [0.5, 0.6) is 0 Å². The molecule has 2 N–H and O–H groups in total. The Bertz CT molecular complexity index is 426. The maximum atomic E-state index is 5.49. The lowest BCUT2D eigenvalue weighted by Crippen LogP contribution is -2.38. The summed E-state index contributed by atoms with van der Waals surface area (Å²) in [6, 6.07) is 0. The molecule has 0 amide bonds. The van der Waals surface area contributed by atoms with E-state index >= 15 is 0 Å². The van der Waals surface area contributed by atoms with Gasteiger partial charge in [0.2, 0.25) is 0 Å². The molecule has 0 aliphatic heterocycles. The molecule has 134 valence electrons. The number of hydrogen-bond acceptors (Lipinski definition) is 4. The first kappa shape index (κ1) is 22.1. The highest BCUT2D eigenvalue weighted by Gasteiger charge is 1.99. The monoisotopic (exact) mass is 439 g/mol. The van der Waals surface area contributed by atoms with Crippen LogP contribution in [0.15, 0.2) is 17.4 Å². The summed E-state index contributed by atoms with van der Waals surface area (Å²) in [6.07, 6.45) is 6.08. The molecule has 8 heteroatoms. The molecule has 0 unspecified atom stereocenters. The molecule has 7 nitrogen and oxygen atoms in total. The van der Waals surface area contributed by atoms with Gasteiger partial charge in [0.15, 0.2) is 5.96 Å². The highest BCUT2D eigenvalue weighted by Crippen LogP contribution is 1.94. The number of hydrogen-bond donors (Lipinski definition) is 2. The Labute approximate surface area is 156 Å². The van der Waals surface area contributed by atoms with Crippen molar-refractivity contribution in [3.05, 3.63) is 18.0 Å². The second-order valence-corrected chi connectivity index (χ2v) is 4.95. The lowest BCUT2D eigenvalue weighted by atomic mass is 10.4. The van der Waals surface area contributed by atoms with Gasteiger partial charge >= 0.3 is 0 Å². The van der Waals surface area contributed by atoms with Gasteiger partial charge in [-0.3, -0.25) is 9.67 Å². The predicted molar refractivity (Wildman–Crippen MR) is 103 cm³/mol. The molecular formula is C15H30IN5O2. The summed E-state index contributed by atoms with van der Waals surface area (Å²) in [5.41, 5.74) is 1.12. The zero-order valence-corrected chi connectivity index (χ0v) is 16.7. The maximum absolute atomic E-state index is 5.49. The van der Waals surface area contributed by atoms with E-state index in [1.54, 1.807) is 11.7 Å². The number of halogens is 1. The standard InChI is InChI=1S/C15H29N5O2.HI/c1-4-5-7-21-9-10-22-8-6-17-15(16-2)18-11-14-12-19-20(3)13-14;/h12-13H,4-11H2,1-3H3,(H2,16,17,18);1H. The van der Waals surface area contributed by atoms with Gasteiger partial charge in [-0.25, -0.2) is 0 Å². The molecule has 1 aromatic heterocycles. The van der Waals surface area contributed by atoms with Crippen LogP contribution in [-0.2, 0) is 23.1 Å². The summed E-state index contributed by atoms with van der Waals surface area (Å²) in [5, 5.41) is 10.6. The minimum atomic E-state index is 0. The van der Waals surface area contributed by atoms with Crippen molar-refractivity contribution in [2.75, 3.05) is 40.0 Å². The molecular weight excluding hydrogens is 409 g/mol. The Kier molecular flexibility index (Phi) is 14.1. The van der Waals surface area contributed by atoms with Gasteiger partial charge in [0, 0.05) is 45.6 Å². The molecule has 0 radical (unpaired) electrons. The molecule has 0 saturated carbocycles. The van der Waals surface area contributed by atoms with Crippen molar-refractivity contribution in [2.45, 2.75) is 26.3 Å². The third-order valence-corrected chi connectivity index (χ3v) is 2.99. The zero-order valence-electron chi connectivity index (χ0n) is 14.4. The van der Waals surface area contributed by atoms with Crippen LogP contribution >= 0.6 is 24.0 Å². The first-order chi connectivity index (χ1) is 10.8. The first-order valence-corrected chi connectivity index (χ1v) is 7.83. The molecule has 0 fully saturated rings. The van der Waals surface area contributed by atoms with Gasteiger partial charge in [0.1, 0.15) is 0 Å². The molecule has 0 bridgehead atoms. The number of aromatic nitrogens is 2. The third kappa shape index (κ3) is 11.3. The van der Waals surface area contributed by atoms with Crippen molar-refractivity contribution in [1.29, 1.82) is 0 Å². The zero-order chi connectivity index (χ0) is 16.0. The Hall–Kier alpha value is -0.870. The smallest absolute Gasteiger partial charge is 0.191 e. The lowest BCUT2D eigenvalue weighted by Gasteiger charge is -2.11. The van der Waals surface area contributed by atoms with Crippen LogP contribution in [0.25, 0.3) is 0 Å². The fourth-order valence-electron chi connectivity index (χ4n) is 1.78. The third-order valence-electron chi connectivity index (χ3n) is 2.99. The Morgan fingerprint density at radius 2 is 1.96 bits per heavy atom. The predicted octanol–water partition coefficient (Wildman–Crippen LogP) is 1.54. The number of nitrogens with zero attached hydrogens (tertiary/aromatic N) is 3. The molecule has 23 heavy (non-hydrogen) atoms. The van der Waals surface area contributed by atoms with E-state index in [-0.39, 0.29) is 24.0 Å². The van der Waals surface area contributed by atoms with Crippen LogP contribution in [0, 0.1) is 0 Å². The van der Waals surface area contributed by atoms with E-state index in [0.29, 0.717) is 32.9 Å². The number of guanidine groups is 1. The summed E-state index contributed by atoms with van der Waals surface area (Å²) in [4.78, 5) is 4.16. The van der Waals surface area contributed by atoms with Gasteiger partial charge < -0.3 is 20.1 Å². The number of ether oxygens (including phenoxy) is 2. The normalized spacial score (nSPS) is 11.2. The molecule has 1 heterocycles. The number of nitrogens with one attached hydrogen (secondary N) is 2. The first-order valence-electron chi connectivity index (χ1n) is 7.83. The lowest BCUT2D eigenvalue weighted by molar-refractivity contribution is 0.0487. The second-order valence-electron chi connectivity index (χ2n) is 4.95. The van der Waals surface area contributed by atoms with Crippen LogP contribution in [0.4, 0.5) is 0 Å². The summed E-state index contributed by atoms with van der Waals surface area (Å²) < 4.78 is 12.7. The van der Waals surface area contributed by atoms with Crippen LogP contribution in [-0.4, -0.2) is 55.8 Å². The van der Waals surface area contributed by atoms with E-state index in [0.717, 1.165) is 31.0 Å². The Morgan fingerprint density at radius 1 is 1.22 bits per heavy atom. The van der Waals surface area contributed by atoms with Gasteiger partial charge in [-0.1, -0.05) is 13.3 Å². The summed E-state index contributed by atoms with van der Waals surface area (Å²) in [6.45, 7) is 6.30. The Morgan fingerprint density at radius 3 is 2.57 bits per heavy atom. The fourth-order valence-corrected chi connectivity index (χ4v) is 1.78. The van der Waals surface area contributed by atoms with Gasteiger partial charge in [-0.05, 0) is 6.42 Å². The molecule has 0 spiro atoms. The summed E-state index contributed by atoms with van der Waals surface area (Å²) in [7, 11) is 3.65. The number of rotatable bonds is 11. The summed E-state index contributed by atoms with van der Waals surface area (Å²) >= 11 is 0. The van der Waals surface area contributed by atoms with Crippen LogP contribution in [0.3, 0.4) is 0 Å². The molecule has 0 atom stereocenters. The van der Waals surface area contributed by atoms with E-state index in [2.05, 4.69) is 27.6 Å². The minimum Gasteiger partial charge on any atom is -0.379 e. The van der Waals surface area contributed by atoms with Crippen LogP contribution in [0.1, 0.15) is 25.3 Å². The van der Waals surface area contributed by atoms with E-state index in [4.69, 9.17) is 9.47 Å². The van der Waals surface area contributed by atoms with Gasteiger partial charge in [0.25, 0.3) is 0 Å². The highest BCUT2D eigenvalue weighted by molar-refractivity contribution is 14.0. The van der Waals surface area contributed by atoms with E-state index in [1.165, 1.54) is 0 Å². The molecule has 0 aliphatic rings. The topological polar surface area (TPSA) is 72.7 Å². The fraction of sp³-hybridized carbons (Fsp3) is 0.733. The second kappa shape index (κ2) is 14.7. The molecule has 0 aliphatic carbocycles. The summed E-state index contributed by atoms with van der Waals surface area (Å²) in [5.74, 6) is 0.756. The van der Waals surface area contributed by atoms with Crippen molar-refractivity contribution in [3.8, 4) is 0 Å². The van der Waals surface area contributed by atoms with Gasteiger partial charge in [0.05, 0.1) is 26.0 Å². The van der Waals surface area contributed by atoms with E-state index in [1.807, 2.05) is 19.4 Å². The quantitative estimate of drug-likeness (QED) is 0.237. The van der Waals surface area contributed by atoms with Gasteiger partial charge in [-0.2, -0.15) is 5.10 Å². The number of aliphatic imine (C=N–C) groups is 1. The van der Waals surface area contributed by atoms with Gasteiger partial charge in [-0.15, -0.1) is 24.0 Å². The van der Waals surface area contributed by atoms with Crippen molar-refractivity contribution in [2.24, 2.45) is 12.0 Å². The highest BCUT2D eigenvalue weighted by atomic mass is 127. The maximum Gasteiger partial charge on any atom is 0.191 e. The van der Waals surface area contributed by atoms with Crippen LogP contribution in [0.2, 0.25) is 0 Å². The number of aryl methyl sites for hydroxylation is 1. The van der Waals surface area contributed by atoms with E-state index in [9.17, 15) is 0 Å². The van der Waals surface area contributed by atoms with Crippen molar-refractivity contribution in [1.82, 2.24) is 20.4 Å². The van der Waals surface area contributed by atoms with Crippen molar-refractivity contribution < 1.29 is 9.47 Å².